The maximum atomic E-state index is 9.41. The molecule has 0 fully saturated rings. The summed E-state index contributed by atoms with van der Waals surface area (Å²) >= 11 is 0. The van der Waals surface area contributed by atoms with Crippen molar-refractivity contribution in [3.05, 3.63) is 29.8 Å². The van der Waals surface area contributed by atoms with Gasteiger partial charge in [-0.25, -0.2) is 0 Å². The highest BCUT2D eigenvalue weighted by molar-refractivity contribution is 5.27. The van der Waals surface area contributed by atoms with Gasteiger partial charge in [0.1, 0.15) is 5.75 Å². The normalized spacial score (nSPS) is 14.4. The fraction of sp³-hybridized carbons (Fsp3) is 0.600. The molecule has 0 aliphatic rings. The SMILES string of the molecule is CCC(C)CC(CO)Cc1ccc(OC)cc1. The number of aliphatic hydroxyl groups is 1. The predicted molar refractivity (Wildman–Crippen MR) is 71.3 cm³/mol. The lowest BCUT2D eigenvalue weighted by atomic mass is 9.89. The fourth-order valence-corrected chi connectivity index (χ4v) is 2.05. The second-order valence-electron chi connectivity index (χ2n) is 4.85. The maximum absolute atomic E-state index is 9.41. The van der Waals surface area contributed by atoms with Crippen LogP contribution in [0.1, 0.15) is 32.3 Å². The Morgan fingerprint density at radius 2 is 1.88 bits per heavy atom. The summed E-state index contributed by atoms with van der Waals surface area (Å²) in [4.78, 5) is 0. The standard InChI is InChI=1S/C15H24O2/c1-4-12(2)9-14(11-16)10-13-5-7-15(17-3)8-6-13/h5-8,12,14,16H,4,9-11H2,1-3H3. The minimum atomic E-state index is 0.274. The van der Waals surface area contributed by atoms with E-state index < -0.39 is 0 Å². The van der Waals surface area contributed by atoms with Crippen LogP contribution in [0, 0.1) is 11.8 Å². The third-order valence-corrected chi connectivity index (χ3v) is 3.37. The lowest BCUT2D eigenvalue weighted by Crippen LogP contribution is -2.13. The number of benzene rings is 1. The van der Waals surface area contributed by atoms with Crippen molar-refractivity contribution in [3.63, 3.8) is 0 Å². The van der Waals surface area contributed by atoms with E-state index in [2.05, 4.69) is 26.0 Å². The highest BCUT2D eigenvalue weighted by Crippen LogP contribution is 2.20. The molecular formula is C15H24O2. The molecule has 0 bridgehead atoms. The molecule has 2 atom stereocenters. The Labute approximate surface area is 105 Å². The second kappa shape index (κ2) is 7.33. The molecule has 1 aromatic carbocycles. The van der Waals surface area contributed by atoms with Gasteiger partial charge in [0.25, 0.3) is 0 Å². The summed E-state index contributed by atoms with van der Waals surface area (Å²) in [6.45, 7) is 4.72. The topological polar surface area (TPSA) is 29.5 Å². The number of aliphatic hydroxyl groups excluding tert-OH is 1. The Balaban J connectivity index is 2.54. The average molecular weight is 236 g/mol. The van der Waals surface area contributed by atoms with Crippen molar-refractivity contribution < 1.29 is 9.84 Å². The van der Waals surface area contributed by atoms with Gasteiger partial charge in [0, 0.05) is 6.61 Å². The van der Waals surface area contributed by atoms with E-state index in [1.165, 1.54) is 12.0 Å². The van der Waals surface area contributed by atoms with Crippen LogP contribution in [0.3, 0.4) is 0 Å². The van der Waals surface area contributed by atoms with Crippen LogP contribution in [-0.4, -0.2) is 18.8 Å². The van der Waals surface area contributed by atoms with Crippen LogP contribution in [0.25, 0.3) is 0 Å². The molecule has 0 aliphatic heterocycles. The van der Waals surface area contributed by atoms with E-state index >= 15 is 0 Å². The molecule has 17 heavy (non-hydrogen) atoms. The lowest BCUT2D eigenvalue weighted by molar-refractivity contribution is 0.201. The molecule has 2 heteroatoms. The zero-order chi connectivity index (χ0) is 12.7. The molecule has 0 heterocycles. The van der Waals surface area contributed by atoms with Gasteiger partial charge in [-0.15, -0.1) is 0 Å². The molecule has 0 aliphatic carbocycles. The summed E-state index contributed by atoms with van der Waals surface area (Å²) in [6, 6.07) is 8.12. The molecule has 0 amide bonds. The largest absolute Gasteiger partial charge is 0.497 e. The van der Waals surface area contributed by atoms with Gasteiger partial charge in [-0.2, -0.15) is 0 Å². The van der Waals surface area contributed by atoms with Gasteiger partial charge in [0.15, 0.2) is 0 Å². The van der Waals surface area contributed by atoms with E-state index in [4.69, 9.17) is 4.74 Å². The molecule has 1 rings (SSSR count). The van der Waals surface area contributed by atoms with Crippen LogP contribution < -0.4 is 4.74 Å². The third kappa shape index (κ3) is 4.78. The predicted octanol–water partition coefficient (Wildman–Crippen LogP) is 3.28. The zero-order valence-electron chi connectivity index (χ0n) is 11.1. The molecule has 1 N–H and O–H groups in total. The van der Waals surface area contributed by atoms with Gasteiger partial charge in [0.05, 0.1) is 7.11 Å². The van der Waals surface area contributed by atoms with Crippen LogP contribution in [0.4, 0.5) is 0 Å². The second-order valence-corrected chi connectivity index (χ2v) is 4.85. The number of methoxy groups -OCH3 is 1. The molecule has 1 aromatic rings. The first-order valence-corrected chi connectivity index (χ1v) is 6.43. The first-order valence-electron chi connectivity index (χ1n) is 6.43. The Kier molecular flexibility index (Phi) is 6.06. The summed E-state index contributed by atoms with van der Waals surface area (Å²) in [7, 11) is 1.68. The first kappa shape index (κ1) is 14.0. The van der Waals surface area contributed by atoms with Crippen molar-refractivity contribution in [2.24, 2.45) is 11.8 Å². The van der Waals surface area contributed by atoms with Crippen LogP contribution >= 0.6 is 0 Å². The van der Waals surface area contributed by atoms with Crippen molar-refractivity contribution >= 4 is 0 Å². The van der Waals surface area contributed by atoms with Crippen molar-refractivity contribution in [2.75, 3.05) is 13.7 Å². The highest BCUT2D eigenvalue weighted by atomic mass is 16.5. The van der Waals surface area contributed by atoms with Gasteiger partial charge in [0.2, 0.25) is 0 Å². The molecule has 2 unspecified atom stereocenters. The van der Waals surface area contributed by atoms with Gasteiger partial charge < -0.3 is 9.84 Å². The molecule has 0 saturated carbocycles. The van der Waals surface area contributed by atoms with E-state index in [-0.39, 0.29) is 6.61 Å². The van der Waals surface area contributed by atoms with Crippen LogP contribution in [0.15, 0.2) is 24.3 Å². The summed E-state index contributed by atoms with van der Waals surface area (Å²) in [5.41, 5.74) is 1.27. The molecule has 0 radical (unpaired) electrons. The molecule has 0 spiro atoms. The molecule has 2 nitrogen and oxygen atoms in total. The summed E-state index contributed by atoms with van der Waals surface area (Å²) < 4.78 is 5.13. The van der Waals surface area contributed by atoms with Gasteiger partial charge in [-0.3, -0.25) is 0 Å². The summed E-state index contributed by atoms with van der Waals surface area (Å²) in [6.07, 6.45) is 3.23. The van der Waals surface area contributed by atoms with E-state index in [0.29, 0.717) is 11.8 Å². The average Bonchev–Trinajstić information content (AvgIpc) is 2.38. The number of ether oxygens (including phenoxy) is 1. The van der Waals surface area contributed by atoms with Crippen molar-refractivity contribution in [3.8, 4) is 5.75 Å². The monoisotopic (exact) mass is 236 g/mol. The lowest BCUT2D eigenvalue weighted by Gasteiger charge is -2.18. The number of hydrogen-bond acceptors (Lipinski definition) is 2. The van der Waals surface area contributed by atoms with Gasteiger partial charge in [-0.1, -0.05) is 32.4 Å². The van der Waals surface area contributed by atoms with Crippen LogP contribution in [0.5, 0.6) is 5.75 Å². The number of rotatable bonds is 7. The fourth-order valence-electron chi connectivity index (χ4n) is 2.05. The smallest absolute Gasteiger partial charge is 0.118 e. The van der Waals surface area contributed by atoms with Crippen LogP contribution in [-0.2, 0) is 6.42 Å². The van der Waals surface area contributed by atoms with Crippen molar-refractivity contribution in [2.45, 2.75) is 33.1 Å². The van der Waals surface area contributed by atoms with Crippen molar-refractivity contribution in [1.29, 1.82) is 0 Å². The third-order valence-electron chi connectivity index (χ3n) is 3.37. The van der Waals surface area contributed by atoms with Crippen molar-refractivity contribution in [1.82, 2.24) is 0 Å². The van der Waals surface area contributed by atoms with Crippen LogP contribution in [0.2, 0.25) is 0 Å². The molecule has 96 valence electrons. The quantitative estimate of drug-likeness (QED) is 0.787. The summed E-state index contributed by atoms with van der Waals surface area (Å²) in [5, 5.41) is 9.41. The maximum Gasteiger partial charge on any atom is 0.118 e. The minimum Gasteiger partial charge on any atom is -0.497 e. The van der Waals surface area contributed by atoms with E-state index in [0.717, 1.165) is 18.6 Å². The first-order chi connectivity index (χ1) is 8.19. The van der Waals surface area contributed by atoms with E-state index in [9.17, 15) is 5.11 Å². The Bertz CT molecular complexity index is 305. The number of hydrogen-bond donors (Lipinski definition) is 1. The van der Waals surface area contributed by atoms with E-state index in [1.54, 1.807) is 7.11 Å². The molecular weight excluding hydrogens is 212 g/mol. The Morgan fingerprint density at radius 1 is 1.24 bits per heavy atom. The summed E-state index contributed by atoms with van der Waals surface area (Å²) in [5.74, 6) is 1.94. The van der Waals surface area contributed by atoms with Gasteiger partial charge >= 0.3 is 0 Å². The zero-order valence-corrected chi connectivity index (χ0v) is 11.1. The minimum absolute atomic E-state index is 0.274. The molecule has 0 saturated heterocycles. The van der Waals surface area contributed by atoms with Gasteiger partial charge in [-0.05, 0) is 42.4 Å². The Morgan fingerprint density at radius 3 is 2.35 bits per heavy atom. The van der Waals surface area contributed by atoms with E-state index in [1.807, 2.05) is 12.1 Å². The Hall–Kier alpha value is -1.02. The molecule has 0 aromatic heterocycles. The highest BCUT2D eigenvalue weighted by Gasteiger charge is 2.12.